The van der Waals surface area contributed by atoms with Crippen molar-refractivity contribution in [1.29, 1.82) is 0 Å². The van der Waals surface area contributed by atoms with Crippen LogP contribution in [0.2, 0.25) is 0 Å². The molecule has 0 unspecified atom stereocenters. The fraction of sp³-hybridized carbons (Fsp3) is 0.133. The molecule has 2 aromatic rings. The fourth-order valence-electron chi connectivity index (χ4n) is 1.64. The molecule has 2 rings (SSSR count). The van der Waals surface area contributed by atoms with Crippen LogP contribution < -0.4 is 4.74 Å². The Labute approximate surface area is 96.7 Å². The van der Waals surface area contributed by atoms with Crippen LogP contribution in [-0.2, 0) is 0 Å². The molecule has 0 bridgehead atoms. The maximum atomic E-state index is 5.73. The molecule has 0 aliphatic heterocycles. The summed E-state index contributed by atoms with van der Waals surface area (Å²) in [6.07, 6.45) is 0. The molecule has 0 N–H and O–H groups in total. The molecule has 16 heavy (non-hydrogen) atoms. The molecule has 0 spiro atoms. The van der Waals surface area contributed by atoms with Gasteiger partial charge in [-0.2, -0.15) is 0 Å². The van der Waals surface area contributed by atoms with E-state index in [0.29, 0.717) is 0 Å². The molecule has 1 nitrogen and oxygen atoms in total. The van der Waals surface area contributed by atoms with Crippen molar-refractivity contribution in [1.82, 2.24) is 0 Å². The summed E-state index contributed by atoms with van der Waals surface area (Å²) in [5.74, 6) is 0.950. The third kappa shape index (κ3) is 2.43. The Morgan fingerprint density at radius 2 is 1.44 bits per heavy atom. The van der Waals surface area contributed by atoms with E-state index in [-0.39, 0.29) is 0 Å². The summed E-state index contributed by atoms with van der Waals surface area (Å²) in [5.41, 5.74) is 3.39. The Kier molecular flexibility index (Phi) is 3.25. The minimum atomic E-state index is 0.950. The van der Waals surface area contributed by atoms with Gasteiger partial charge in [0.15, 0.2) is 6.61 Å². The van der Waals surface area contributed by atoms with Gasteiger partial charge in [-0.1, -0.05) is 48.5 Å². The number of hydrogen-bond donors (Lipinski definition) is 0. The highest BCUT2D eigenvalue weighted by atomic mass is 16.5. The van der Waals surface area contributed by atoms with Gasteiger partial charge in [-0.05, 0) is 30.5 Å². The van der Waals surface area contributed by atoms with Crippen molar-refractivity contribution in [2.75, 3.05) is 0 Å². The van der Waals surface area contributed by atoms with Gasteiger partial charge in [0.05, 0.1) is 0 Å². The first-order valence-electron chi connectivity index (χ1n) is 5.38. The van der Waals surface area contributed by atoms with Crippen LogP contribution in [0.4, 0.5) is 0 Å². The number of rotatable bonds is 3. The van der Waals surface area contributed by atoms with Crippen LogP contribution in [0.15, 0.2) is 48.5 Å². The van der Waals surface area contributed by atoms with Crippen LogP contribution in [0.5, 0.6) is 5.75 Å². The van der Waals surface area contributed by atoms with E-state index >= 15 is 0 Å². The molecule has 1 radical (unpaired) electrons. The van der Waals surface area contributed by atoms with Gasteiger partial charge < -0.3 is 4.74 Å². The molecule has 0 aromatic heterocycles. The summed E-state index contributed by atoms with van der Waals surface area (Å²) in [7, 11) is 0. The third-order valence-electron chi connectivity index (χ3n) is 2.52. The van der Waals surface area contributed by atoms with Crippen molar-refractivity contribution in [3.8, 4) is 5.75 Å². The second-order valence-electron chi connectivity index (χ2n) is 3.87. The van der Waals surface area contributed by atoms with Gasteiger partial charge in [-0.25, -0.2) is 0 Å². The minimum absolute atomic E-state index is 0.950. The van der Waals surface area contributed by atoms with Gasteiger partial charge >= 0.3 is 0 Å². The van der Waals surface area contributed by atoms with E-state index in [2.05, 4.69) is 26.0 Å². The molecule has 0 heterocycles. The Morgan fingerprint density at radius 3 is 2.06 bits per heavy atom. The summed E-state index contributed by atoms with van der Waals surface area (Å²) in [4.78, 5) is 0. The Hall–Kier alpha value is -1.76. The highest BCUT2D eigenvalue weighted by Gasteiger charge is 2.03. The van der Waals surface area contributed by atoms with Gasteiger partial charge in [0.1, 0.15) is 5.75 Å². The maximum absolute atomic E-state index is 5.73. The van der Waals surface area contributed by atoms with Crippen molar-refractivity contribution in [3.05, 3.63) is 71.8 Å². The van der Waals surface area contributed by atoms with Crippen molar-refractivity contribution >= 4 is 0 Å². The summed E-state index contributed by atoms with van der Waals surface area (Å²) in [5, 5.41) is 0. The lowest BCUT2D eigenvalue weighted by Gasteiger charge is -2.10. The Balaban J connectivity index is 2.11. The maximum Gasteiger partial charge on any atom is 0.165 e. The molecule has 81 valence electrons. The Morgan fingerprint density at radius 1 is 0.812 bits per heavy atom. The molecule has 0 atom stereocenters. The third-order valence-corrected chi connectivity index (χ3v) is 2.52. The van der Waals surface area contributed by atoms with E-state index in [1.54, 1.807) is 6.61 Å². The summed E-state index contributed by atoms with van der Waals surface area (Å²) in [6, 6.07) is 16.2. The summed E-state index contributed by atoms with van der Waals surface area (Å²) >= 11 is 0. The largest absolute Gasteiger partial charge is 0.481 e. The number of para-hydroxylation sites is 1. The van der Waals surface area contributed by atoms with E-state index in [0.717, 1.165) is 22.4 Å². The van der Waals surface area contributed by atoms with Gasteiger partial charge in [0, 0.05) is 0 Å². The predicted octanol–water partition coefficient (Wildman–Crippen LogP) is 3.89. The van der Waals surface area contributed by atoms with Gasteiger partial charge in [0.25, 0.3) is 0 Å². The van der Waals surface area contributed by atoms with Crippen molar-refractivity contribution in [2.24, 2.45) is 0 Å². The highest BCUT2D eigenvalue weighted by molar-refractivity contribution is 5.40. The van der Waals surface area contributed by atoms with Crippen LogP contribution >= 0.6 is 0 Å². The first kappa shape index (κ1) is 10.7. The zero-order valence-corrected chi connectivity index (χ0v) is 9.60. The number of hydrogen-bond acceptors (Lipinski definition) is 1. The lowest BCUT2D eigenvalue weighted by atomic mass is 10.1. The van der Waals surface area contributed by atoms with Gasteiger partial charge in [0.2, 0.25) is 0 Å². The molecule has 0 saturated carbocycles. The second-order valence-corrected chi connectivity index (χ2v) is 3.87. The average Bonchev–Trinajstić information content (AvgIpc) is 2.30. The lowest BCUT2D eigenvalue weighted by Crippen LogP contribution is -1.95. The van der Waals surface area contributed by atoms with E-state index in [1.807, 2.05) is 36.4 Å². The zero-order valence-electron chi connectivity index (χ0n) is 9.60. The molecular formula is C15H15O. The standard InChI is InChI=1S/C15H15O/c1-12-7-6-8-13(2)15(12)16-11-14-9-4-3-5-10-14/h3-11H,1-2H3. The second kappa shape index (κ2) is 4.84. The molecule has 0 amide bonds. The van der Waals surface area contributed by atoms with Crippen molar-refractivity contribution in [2.45, 2.75) is 13.8 Å². The lowest BCUT2D eigenvalue weighted by molar-refractivity contribution is 0.422. The molecule has 0 fully saturated rings. The van der Waals surface area contributed by atoms with Gasteiger partial charge in [-0.3, -0.25) is 0 Å². The van der Waals surface area contributed by atoms with Crippen LogP contribution in [0.1, 0.15) is 16.7 Å². The highest BCUT2D eigenvalue weighted by Crippen LogP contribution is 2.23. The first-order valence-corrected chi connectivity index (χ1v) is 5.38. The van der Waals surface area contributed by atoms with Crippen LogP contribution in [0.25, 0.3) is 0 Å². The fourth-order valence-corrected chi connectivity index (χ4v) is 1.64. The molecule has 0 aliphatic carbocycles. The van der Waals surface area contributed by atoms with E-state index in [1.165, 1.54) is 0 Å². The number of ether oxygens (including phenoxy) is 1. The minimum Gasteiger partial charge on any atom is -0.481 e. The molecule has 0 aliphatic rings. The number of aryl methyl sites for hydroxylation is 2. The van der Waals surface area contributed by atoms with Gasteiger partial charge in [-0.15, -0.1) is 0 Å². The van der Waals surface area contributed by atoms with Crippen LogP contribution in [0.3, 0.4) is 0 Å². The first-order chi connectivity index (χ1) is 7.77. The zero-order chi connectivity index (χ0) is 11.4. The smallest absolute Gasteiger partial charge is 0.165 e. The monoisotopic (exact) mass is 211 g/mol. The van der Waals surface area contributed by atoms with E-state index in [4.69, 9.17) is 4.74 Å². The van der Waals surface area contributed by atoms with Crippen molar-refractivity contribution in [3.63, 3.8) is 0 Å². The van der Waals surface area contributed by atoms with E-state index in [9.17, 15) is 0 Å². The quantitative estimate of drug-likeness (QED) is 0.748. The summed E-state index contributed by atoms with van der Waals surface area (Å²) in [6.45, 7) is 5.90. The Bertz CT molecular complexity index is 440. The molecular weight excluding hydrogens is 196 g/mol. The van der Waals surface area contributed by atoms with E-state index < -0.39 is 0 Å². The molecule has 1 heteroatoms. The normalized spacial score (nSPS) is 10.1. The topological polar surface area (TPSA) is 9.23 Å². The summed E-state index contributed by atoms with van der Waals surface area (Å²) < 4.78 is 5.73. The van der Waals surface area contributed by atoms with Crippen molar-refractivity contribution < 1.29 is 4.74 Å². The molecule has 0 saturated heterocycles. The predicted molar refractivity (Wildman–Crippen MR) is 66.4 cm³/mol. The molecule has 2 aromatic carbocycles. The van der Waals surface area contributed by atoms with Crippen LogP contribution in [-0.4, -0.2) is 0 Å². The SMILES string of the molecule is Cc1cccc(C)c1O[CH]c1ccccc1. The number of benzene rings is 2. The average molecular weight is 211 g/mol. The van der Waals surface area contributed by atoms with Crippen LogP contribution in [0, 0.1) is 20.5 Å².